The van der Waals surface area contributed by atoms with E-state index in [4.69, 9.17) is 9.47 Å². The Morgan fingerprint density at radius 1 is 0.947 bits per heavy atom. The van der Waals surface area contributed by atoms with Crippen molar-refractivity contribution >= 4 is 23.1 Å². The standard InChI is InChI=1S/C32H35NO5/c1-7-20-13-16-22(17-14-20)33-28(23-11-9-10-12-25(23)37-6)27(30(35)31(33)36)29(34)21-15-18-26(38-8-2)24(19-21)32(3,4)5/h9-19,28,34H,7-8H2,1-6H3/b29-27+. The van der Waals surface area contributed by atoms with E-state index >= 15 is 0 Å². The number of anilines is 1. The molecule has 4 rings (SSSR count). The second-order valence-electron chi connectivity index (χ2n) is 10.3. The number of amides is 1. The van der Waals surface area contributed by atoms with Gasteiger partial charge >= 0.3 is 0 Å². The maximum absolute atomic E-state index is 13.6. The molecule has 0 aliphatic carbocycles. The van der Waals surface area contributed by atoms with Crippen molar-refractivity contribution < 1.29 is 24.2 Å². The van der Waals surface area contributed by atoms with Gasteiger partial charge in [-0.3, -0.25) is 14.5 Å². The Hall–Kier alpha value is -4.06. The molecule has 1 aliphatic rings. The van der Waals surface area contributed by atoms with E-state index in [-0.39, 0.29) is 16.7 Å². The fourth-order valence-electron chi connectivity index (χ4n) is 4.88. The predicted molar refractivity (Wildman–Crippen MR) is 150 cm³/mol. The third-order valence-corrected chi connectivity index (χ3v) is 6.86. The Morgan fingerprint density at radius 2 is 1.63 bits per heavy atom. The highest BCUT2D eigenvalue weighted by Gasteiger charge is 2.48. The van der Waals surface area contributed by atoms with Gasteiger partial charge in [0.25, 0.3) is 11.7 Å². The SMILES string of the molecule is CCOc1ccc(/C(O)=C2\C(=O)C(=O)N(c3ccc(CC)cc3)C2c2ccccc2OC)cc1C(C)(C)C. The van der Waals surface area contributed by atoms with Crippen molar-refractivity contribution in [3.8, 4) is 11.5 Å². The lowest BCUT2D eigenvalue weighted by molar-refractivity contribution is -0.132. The maximum Gasteiger partial charge on any atom is 0.300 e. The molecule has 3 aromatic carbocycles. The lowest BCUT2D eigenvalue weighted by atomic mass is 9.84. The van der Waals surface area contributed by atoms with Crippen LogP contribution >= 0.6 is 0 Å². The van der Waals surface area contributed by atoms with E-state index in [0.29, 0.717) is 34.9 Å². The van der Waals surface area contributed by atoms with Gasteiger partial charge in [-0.2, -0.15) is 0 Å². The van der Waals surface area contributed by atoms with Crippen LogP contribution in [0.2, 0.25) is 0 Å². The van der Waals surface area contributed by atoms with Crippen molar-refractivity contribution in [2.45, 2.75) is 52.5 Å². The minimum Gasteiger partial charge on any atom is -0.507 e. The first-order chi connectivity index (χ1) is 18.1. The molecule has 6 heteroatoms. The van der Waals surface area contributed by atoms with Crippen LogP contribution in [-0.2, 0) is 21.4 Å². The molecule has 1 amide bonds. The molecule has 198 valence electrons. The number of ketones is 1. The predicted octanol–water partition coefficient (Wildman–Crippen LogP) is 6.58. The molecule has 1 N–H and O–H groups in total. The van der Waals surface area contributed by atoms with Gasteiger partial charge in [0.2, 0.25) is 0 Å². The van der Waals surface area contributed by atoms with Crippen LogP contribution < -0.4 is 14.4 Å². The highest BCUT2D eigenvalue weighted by molar-refractivity contribution is 6.51. The molecule has 1 saturated heterocycles. The molecule has 1 fully saturated rings. The summed E-state index contributed by atoms with van der Waals surface area (Å²) in [6.07, 6.45) is 0.850. The van der Waals surface area contributed by atoms with Crippen LogP contribution in [0.4, 0.5) is 5.69 Å². The number of hydrogen-bond donors (Lipinski definition) is 1. The van der Waals surface area contributed by atoms with Gasteiger partial charge in [0.05, 0.1) is 25.3 Å². The Morgan fingerprint density at radius 3 is 2.24 bits per heavy atom. The van der Waals surface area contributed by atoms with Crippen LogP contribution in [0.1, 0.15) is 62.9 Å². The third-order valence-electron chi connectivity index (χ3n) is 6.86. The minimum absolute atomic E-state index is 0.0167. The molecule has 1 heterocycles. The molecule has 1 aliphatic heterocycles. The van der Waals surface area contributed by atoms with Crippen molar-refractivity contribution in [3.63, 3.8) is 0 Å². The average molecular weight is 514 g/mol. The molecule has 0 bridgehead atoms. The summed E-state index contributed by atoms with van der Waals surface area (Å²) in [5, 5.41) is 11.7. The molecule has 6 nitrogen and oxygen atoms in total. The number of benzene rings is 3. The van der Waals surface area contributed by atoms with E-state index in [1.165, 1.54) is 4.90 Å². The summed E-state index contributed by atoms with van der Waals surface area (Å²) in [6, 6.07) is 19.3. The van der Waals surface area contributed by atoms with Gasteiger partial charge in [-0.15, -0.1) is 0 Å². The zero-order chi connectivity index (χ0) is 27.6. The number of aliphatic hydroxyl groups is 1. The molecular weight excluding hydrogens is 478 g/mol. The van der Waals surface area contributed by atoms with E-state index in [1.54, 1.807) is 25.3 Å². The zero-order valence-corrected chi connectivity index (χ0v) is 22.9. The van der Waals surface area contributed by atoms with E-state index in [2.05, 4.69) is 27.7 Å². The summed E-state index contributed by atoms with van der Waals surface area (Å²) in [5.74, 6) is -0.449. The van der Waals surface area contributed by atoms with Gasteiger partial charge in [0, 0.05) is 22.4 Å². The number of rotatable bonds is 7. The summed E-state index contributed by atoms with van der Waals surface area (Å²) in [6.45, 7) is 10.7. The third kappa shape index (κ3) is 4.91. The average Bonchev–Trinajstić information content (AvgIpc) is 3.18. The molecule has 0 radical (unpaired) electrons. The first-order valence-electron chi connectivity index (χ1n) is 12.9. The van der Waals surface area contributed by atoms with E-state index < -0.39 is 17.7 Å². The monoisotopic (exact) mass is 513 g/mol. The summed E-state index contributed by atoms with van der Waals surface area (Å²) in [7, 11) is 1.54. The van der Waals surface area contributed by atoms with Crippen LogP contribution in [0, 0.1) is 0 Å². The van der Waals surface area contributed by atoms with Crippen molar-refractivity contribution in [2.75, 3.05) is 18.6 Å². The number of nitrogens with zero attached hydrogens (tertiary/aromatic N) is 1. The van der Waals surface area contributed by atoms with Crippen LogP contribution in [0.5, 0.6) is 11.5 Å². The van der Waals surface area contributed by atoms with Gasteiger partial charge in [0.1, 0.15) is 17.3 Å². The Labute approximate surface area is 224 Å². The van der Waals surface area contributed by atoms with Crippen molar-refractivity contribution in [1.29, 1.82) is 0 Å². The quantitative estimate of drug-likeness (QED) is 0.219. The molecule has 1 unspecified atom stereocenters. The highest BCUT2D eigenvalue weighted by Crippen LogP contribution is 2.45. The minimum atomic E-state index is -0.872. The number of aliphatic hydroxyl groups excluding tert-OH is 1. The Balaban J connectivity index is 1.96. The second-order valence-corrected chi connectivity index (χ2v) is 10.3. The largest absolute Gasteiger partial charge is 0.507 e. The van der Waals surface area contributed by atoms with Crippen LogP contribution in [-0.4, -0.2) is 30.5 Å². The summed E-state index contributed by atoms with van der Waals surface area (Å²) >= 11 is 0. The first-order valence-corrected chi connectivity index (χ1v) is 12.9. The molecule has 1 atom stereocenters. The summed E-state index contributed by atoms with van der Waals surface area (Å²) in [5.41, 5.74) is 3.36. The highest BCUT2D eigenvalue weighted by atomic mass is 16.5. The fourth-order valence-corrected chi connectivity index (χ4v) is 4.88. The Kier molecular flexibility index (Phi) is 7.63. The first kappa shape index (κ1) is 27.0. The van der Waals surface area contributed by atoms with Gasteiger partial charge in [-0.25, -0.2) is 0 Å². The molecule has 0 aromatic heterocycles. The van der Waals surface area contributed by atoms with Crippen LogP contribution in [0.3, 0.4) is 0 Å². The Bertz CT molecular complexity index is 1380. The smallest absolute Gasteiger partial charge is 0.300 e. The number of ether oxygens (including phenoxy) is 2. The van der Waals surface area contributed by atoms with Crippen molar-refractivity contribution in [1.82, 2.24) is 0 Å². The van der Waals surface area contributed by atoms with Crippen molar-refractivity contribution in [2.24, 2.45) is 0 Å². The number of aryl methyl sites for hydroxylation is 1. The van der Waals surface area contributed by atoms with E-state index in [1.807, 2.05) is 55.5 Å². The van der Waals surface area contributed by atoms with Gasteiger partial charge in [-0.05, 0) is 60.7 Å². The van der Waals surface area contributed by atoms with Gasteiger partial charge in [-0.1, -0.05) is 58.0 Å². The summed E-state index contributed by atoms with van der Waals surface area (Å²) < 4.78 is 11.5. The number of para-hydroxylation sites is 1. The molecule has 0 spiro atoms. The lowest BCUT2D eigenvalue weighted by Crippen LogP contribution is -2.29. The van der Waals surface area contributed by atoms with Gasteiger partial charge < -0.3 is 14.6 Å². The summed E-state index contributed by atoms with van der Waals surface area (Å²) in [4.78, 5) is 28.6. The van der Waals surface area contributed by atoms with Crippen molar-refractivity contribution in [3.05, 3.63) is 94.6 Å². The molecule has 3 aromatic rings. The zero-order valence-electron chi connectivity index (χ0n) is 22.9. The number of carbonyl (C=O) groups is 2. The second kappa shape index (κ2) is 10.7. The normalized spacial score (nSPS) is 17.1. The topological polar surface area (TPSA) is 76.1 Å². The molecule has 38 heavy (non-hydrogen) atoms. The van der Waals surface area contributed by atoms with Crippen LogP contribution in [0.25, 0.3) is 5.76 Å². The van der Waals surface area contributed by atoms with Gasteiger partial charge in [0.15, 0.2) is 0 Å². The molecule has 0 saturated carbocycles. The maximum atomic E-state index is 13.6. The fraction of sp³-hybridized carbons (Fsp3) is 0.312. The molecular formula is C32H35NO5. The van der Waals surface area contributed by atoms with E-state index in [9.17, 15) is 14.7 Å². The number of methoxy groups -OCH3 is 1. The number of hydrogen-bond acceptors (Lipinski definition) is 5. The van der Waals surface area contributed by atoms with Crippen LogP contribution in [0.15, 0.2) is 72.3 Å². The number of carbonyl (C=O) groups excluding carboxylic acids is 2. The number of Topliss-reactive ketones (excluding diaryl/α,β-unsaturated/α-hetero) is 1. The van der Waals surface area contributed by atoms with E-state index in [0.717, 1.165) is 17.5 Å². The lowest BCUT2D eigenvalue weighted by Gasteiger charge is -2.27.